The van der Waals surface area contributed by atoms with Crippen LogP contribution >= 0.6 is 0 Å². The van der Waals surface area contributed by atoms with Crippen LogP contribution in [0.4, 0.5) is 5.82 Å². The van der Waals surface area contributed by atoms with E-state index in [9.17, 15) is 9.00 Å². The SMILES string of the molecule is Cc1cc(N2CCN(C(=O)c3ccc(S(C)=O)cc3)CC2)nc(C(C)C)n1. The molecule has 1 saturated heterocycles. The normalized spacial score (nSPS) is 15.9. The van der Waals surface area contributed by atoms with Gasteiger partial charge in [0.25, 0.3) is 5.91 Å². The van der Waals surface area contributed by atoms with Crippen molar-refractivity contribution in [2.24, 2.45) is 0 Å². The average Bonchev–Trinajstić information content (AvgIpc) is 2.67. The standard InChI is InChI=1S/C20H26N4O2S/c1-14(2)19-21-15(3)13-18(22-19)23-9-11-24(12-10-23)20(25)16-5-7-17(8-6-16)27(4)26/h5-8,13-14H,9-12H2,1-4H3. The van der Waals surface area contributed by atoms with Gasteiger partial charge in [-0.1, -0.05) is 13.8 Å². The van der Waals surface area contributed by atoms with Crippen LogP contribution in [0, 0.1) is 6.92 Å². The molecule has 2 heterocycles. The number of anilines is 1. The molecule has 1 aromatic carbocycles. The molecule has 1 amide bonds. The first kappa shape index (κ1) is 19.5. The molecule has 144 valence electrons. The number of benzene rings is 1. The molecule has 27 heavy (non-hydrogen) atoms. The molecule has 1 aliphatic heterocycles. The summed E-state index contributed by atoms with van der Waals surface area (Å²) in [6.07, 6.45) is 1.63. The third kappa shape index (κ3) is 4.53. The molecule has 2 aromatic rings. The average molecular weight is 387 g/mol. The van der Waals surface area contributed by atoms with Crippen LogP contribution in [0.2, 0.25) is 0 Å². The quantitative estimate of drug-likeness (QED) is 0.808. The molecule has 1 unspecified atom stereocenters. The van der Waals surface area contributed by atoms with E-state index in [2.05, 4.69) is 23.7 Å². The Morgan fingerprint density at radius 2 is 1.70 bits per heavy atom. The molecule has 0 radical (unpaired) electrons. The second-order valence-electron chi connectivity index (χ2n) is 7.14. The Kier molecular flexibility index (Phi) is 5.89. The van der Waals surface area contributed by atoms with Gasteiger partial charge in [-0.05, 0) is 31.2 Å². The van der Waals surface area contributed by atoms with Crippen LogP contribution in [-0.2, 0) is 10.8 Å². The fourth-order valence-corrected chi connectivity index (χ4v) is 3.62. The summed E-state index contributed by atoms with van der Waals surface area (Å²) in [4.78, 5) is 26.7. The van der Waals surface area contributed by atoms with Crippen LogP contribution in [0.5, 0.6) is 0 Å². The lowest BCUT2D eigenvalue weighted by Crippen LogP contribution is -2.49. The van der Waals surface area contributed by atoms with Gasteiger partial charge >= 0.3 is 0 Å². The van der Waals surface area contributed by atoms with E-state index in [1.165, 1.54) is 0 Å². The molecule has 0 bridgehead atoms. The summed E-state index contributed by atoms with van der Waals surface area (Å²) in [7, 11) is -1.03. The Morgan fingerprint density at radius 3 is 2.26 bits per heavy atom. The summed E-state index contributed by atoms with van der Waals surface area (Å²) in [5.41, 5.74) is 1.60. The molecule has 0 aliphatic carbocycles. The lowest BCUT2D eigenvalue weighted by Gasteiger charge is -2.35. The summed E-state index contributed by atoms with van der Waals surface area (Å²) in [5, 5.41) is 0. The van der Waals surface area contributed by atoms with E-state index in [-0.39, 0.29) is 11.8 Å². The number of aryl methyl sites for hydroxylation is 1. The van der Waals surface area contributed by atoms with E-state index < -0.39 is 10.8 Å². The topological polar surface area (TPSA) is 66.4 Å². The van der Waals surface area contributed by atoms with Gasteiger partial charge in [-0.3, -0.25) is 9.00 Å². The van der Waals surface area contributed by atoms with Crippen molar-refractivity contribution in [3.8, 4) is 0 Å². The number of amides is 1. The fourth-order valence-electron chi connectivity index (χ4n) is 3.10. The second-order valence-corrected chi connectivity index (χ2v) is 8.52. The molecule has 1 atom stereocenters. The summed E-state index contributed by atoms with van der Waals surface area (Å²) < 4.78 is 11.5. The van der Waals surface area contributed by atoms with Gasteiger partial charge in [0.1, 0.15) is 11.6 Å². The van der Waals surface area contributed by atoms with E-state index in [1.54, 1.807) is 30.5 Å². The predicted molar refractivity (Wildman–Crippen MR) is 108 cm³/mol. The third-order valence-electron chi connectivity index (χ3n) is 4.70. The van der Waals surface area contributed by atoms with Crippen molar-refractivity contribution in [1.29, 1.82) is 0 Å². The first-order chi connectivity index (χ1) is 12.8. The molecular formula is C20H26N4O2S. The summed E-state index contributed by atoms with van der Waals surface area (Å²) in [6.45, 7) is 8.97. The molecule has 0 spiro atoms. The van der Waals surface area contributed by atoms with Crippen molar-refractivity contribution in [2.45, 2.75) is 31.6 Å². The summed E-state index contributed by atoms with van der Waals surface area (Å²) in [6, 6.07) is 9.04. The van der Waals surface area contributed by atoms with Gasteiger partial charge in [0.2, 0.25) is 0 Å². The van der Waals surface area contributed by atoms with Crippen molar-refractivity contribution in [3.05, 3.63) is 47.4 Å². The zero-order valence-electron chi connectivity index (χ0n) is 16.3. The van der Waals surface area contributed by atoms with Crippen LogP contribution in [0.3, 0.4) is 0 Å². The second kappa shape index (κ2) is 8.17. The van der Waals surface area contributed by atoms with Crippen molar-refractivity contribution in [1.82, 2.24) is 14.9 Å². The highest BCUT2D eigenvalue weighted by Gasteiger charge is 2.23. The maximum atomic E-state index is 12.7. The number of hydrogen-bond donors (Lipinski definition) is 0. The molecular weight excluding hydrogens is 360 g/mol. The van der Waals surface area contributed by atoms with Gasteiger partial charge in [0, 0.05) is 71.4 Å². The smallest absolute Gasteiger partial charge is 0.253 e. The number of piperazine rings is 1. The third-order valence-corrected chi connectivity index (χ3v) is 5.63. The number of carbonyl (C=O) groups is 1. The Labute approximate surface area is 163 Å². The van der Waals surface area contributed by atoms with Gasteiger partial charge in [-0.2, -0.15) is 0 Å². The Bertz CT molecular complexity index is 844. The predicted octanol–water partition coefficient (Wildman–Crippen LogP) is 2.61. The van der Waals surface area contributed by atoms with Crippen molar-refractivity contribution in [2.75, 3.05) is 37.3 Å². The van der Waals surface area contributed by atoms with E-state index in [4.69, 9.17) is 4.98 Å². The maximum absolute atomic E-state index is 12.7. The molecule has 1 fully saturated rings. The molecule has 3 rings (SSSR count). The number of hydrogen-bond acceptors (Lipinski definition) is 5. The van der Waals surface area contributed by atoms with Crippen LogP contribution in [0.15, 0.2) is 35.2 Å². The molecule has 7 heteroatoms. The number of aromatic nitrogens is 2. The molecule has 6 nitrogen and oxygen atoms in total. The largest absolute Gasteiger partial charge is 0.353 e. The van der Waals surface area contributed by atoms with E-state index in [1.807, 2.05) is 17.9 Å². The van der Waals surface area contributed by atoms with Crippen molar-refractivity contribution >= 4 is 22.5 Å². The van der Waals surface area contributed by atoms with E-state index in [0.29, 0.717) is 18.7 Å². The Morgan fingerprint density at radius 1 is 1.07 bits per heavy atom. The van der Waals surface area contributed by atoms with Crippen LogP contribution in [0.1, 0.15) is 41.6 Å². The Balaban J connectivity index is 1.66. The zero-order valence-corrected chi connectivity index (χ0v) is 17.1. The van der Waals surface area contributed by atoms with Crippen LogP contribution < -0.4 is 4.90 Å². The van der Waals surface area contributed by atoms with Crippen molar-refractivity contribution < 1.29 is 9.00 Å². The minimum atomic E-state index is -1.03. The summed E-state index contributed by atoms with van der Waals surface area (Å²) >= 11 is 0. The van der Waals surface area contributed by atoms with Crippen LogP contribution in [-0.4, -0.2) is 57.4 Å². The van der Waals surface area contributed by atoms with Gasteiger partial charge in [-0.25, -0.2) is 9.97 Å². The molecule has 0 saturated carbocycles. The minimum Gasteiger partial charge on any atom is -0.353 e. The van der Waals surface area contributed by atoms with E-state index in [0.717, 1.165) is 35.3 Å². The highest BCUT2D eigenvalue weighted by molar-refractivity contribution is 7.84. The van der Waals surface area contributed by atoms with E-state index >= 15 is 0 Å². The lowest BCUT2D eigenvalue weighted by molar-refractivity contribution is 0.0746. The number of rotatable bonds is 4. The number of nitrogens with zero attached hydrogens (tertiary/aromatic N) is 4. The fraction of sp³-hybridized carbons (Fsp3) is 0.450. The zero-order chi connectivity index (χ0) is 19.6. The minimum absolute atomic E-state index is 0.0184. The van der Waals surface area contributed by atoms with Crippen molar-refractivity contribution in [3.63, 3.8) is 0 Å². The highest BCUT2D eigenvalue weighted by Crippen LogP contribution is 2.19. The first-order valence-corrected chi connectivity index (χ1v) is 10.7. The van der Waals surface area contributed by atoms with Gasteiger partial charge in [0.05, 0.1) is 0 Å². The maximum Gasteiger partial charge on any atom is 0.253 e. The molecule has 0 N–H and O–H groups in total. The Hall–Kier alpha value is -2.28. The first-order valence-electron chi connectivity index (χ1n) is 9.18. The van der Waals surface area contributed by atoms with Gasteiger partial charge in [0.15, 0.2) is 0 Å². The molecule has 1 aromatic heterocycles. The summed E-state index contributed by atoms with van der Waals surface area (Å²) in [5.74, 6) is 2.10. The highest BCUT2D eigenvalue weighted by atomic mass is 32.2. The van der Waals surface area contributed by atoms with Gasteiger partial charge < -0.3 is 9.80 Å². The number of carbonyl (C=O) groups excluding carboxylic acids is 1. The molecule has 1 aliphatic rings. The lowest BCUT2D eigenvalue weighted by atomic mass is 10.1. The van der Waals surface area contributed by atoms with Crippen LogP contribution in [0.25, 0.3) is 0 Å². The van der Waals surface area contributed by atoms with Gasteiger partial charge in [-0.15, -0.1) is 0 Å². The monoisotopic (exact) mass is 386 g/mol.